The maximum Gasteiger partial charge on any atom is 0.272 e. The molecule has 30 heavy (non-hydrogen) atoms. The third-order valence-electron chi connectivity index (χ3n) is 5.16. The Morgan fingerprint density at radius 1 is 1.03 bits per heavy atom. The Bertz CT molecular complexity index is 1020. The lowest BCUT2D eigenvalue weighted by atomic mass is 10.1. The van der Waals surface area contributed by atoms with Gasteiger partial charge < -0.3 is 9.64 Å². The van der Waals surface area contributed by atoms with Crippen LogP contribution in [0.25, 0.3) is 16.9 Å². The molecule has 3 aromatic rings. The van der Waals surface area contributed by atoms with Crippen LogP contribution < -0.4 is 4.74 Å². The first-order valence-electron chi connectivity index (χ1n) is 10.6. The number of rotatable bonds is 8. The minimum Gasteiger partial charge on any atom is -0.497 e. The van der Waals surface area contributed by atoms with E-state index >= 15 is 0 Å². The summed E-state index contributed by atoms with van der Waals surface area (Å²) in [5, 5.41) is 4.87. The second kappa shape index (κ2) is 9.61. The fourth-order valence-corrected chi connectivity index (χ4v) is 3.60. The minimum atomic E-state index is 0.0150. The molecule has 0 saturated heterocycles. The van der Waals surface area contributed by atoms with Crippen molar-refractivity contribution >= 4 is 5.91 Å². The molecule has 0 saturated carbocycles. The van der Waals surface area contributed by atoms with Gasteiger partial charge in [0, 0.05) is 18.7 Å². The number of amides is 1. The second-order valence-corrected chi connectivity index (χ2v) is 7.64. The average molecular weight is 406 g/mol. The van der Waals surface area contributed by atoms with Crippen molar-refractivity contribution in [2.24, 2.45) is 0 Å². The van der Waals surface area contributed by atoms with Gasteiger partial charge in [0.1, 0.15) is 11.4 Å². The number of hydrogen-bond acceptors (Lipinski definition) is 3. The van der Waals surface area contributed by atoms with Gasteiger partial charge >= 0.3 is 0 Å². The number of benzene rings is 2. The molecular weight excluding hydrogens is 374 g/mol. The second-order valence-electron chi connectivity index (χ2n) is 7.64. The van der Waals surface area contributed by atoms with Crippen LogP contribution >= 0.6 is 0 Å². The van der Waals surface area contributed by atoms with Crippen molar-refractivity contribution in [3.05, 3.63) is 65.4 Å². The van der Waals surface area contributed by atoms with E-state index in [9.17, 15) is 4.79 Å². The lowest BCUT2D eigenvalue weighted by Gasteiger charge is -2.22. The predicted molar refractivity (Wildman–Crippen MR) is 122 cm³/mol. The summed E-state index contributed by atoms with van der Waals surface area (Å²) in [5.41, 5.74) is 5.40. The summed E-state index contributed by atoms with van der Waals surface area (Å²) in [6.07, 6.45) is 1.85. The Morgan fingerprint density at radius 2 is 1.77 bits per heavy atom. The first-order valence-corrected chi connectivity index (χ1v) is 10.6. The molecule has 0 aliphatic rings. The Hall–Kier alpha value is -3.08. The Kier molecular flexibility index (Phi) is 6.93. The van der Waals surface area contributed by atoms with E-state index in [1.807, 2.05) is 42.2 Å². The molecule has 5 nitrogen and oxygen atoms in total. The van der Waals surface area contributed by atoms with E-state index < -0.39 is 0 Å². The van der Waals surface area contributed by atoms with Crippen molar-refractivity contribution in [1.29, 1.82) is 0 Å². The number of nitrogens with zero attached hydrogens (tertiary/aromatic N) is 3. The molecule has 158 valence electrons. The monoisotopic (exact) mass is 405 g/mol. The molecule has 0 aliphatic heterocycles. The van der Waals surface area contributed by atoms with E-state index in [0.29, 0.717) is 5.69 Å². The van der Waals surface area contributed by atoms with Crippen LogP contribution in [0.2, 0.25) is 0 Å². The summed E-state index contributed by atoms with van der Waals surface area (Å²) in [6.45, 7) is 9.76. The SMILES string of the molecule is CCCN(CCC)C(=O)c1cc(-c2cccc(OC)c2)nn1-c1cc(C)ccc1C. The summed E-state index contributed by atoms with van der Waals surface area (Å²) >= 11 is 0. The number of carbonyl (C=O) groups is 1. The van der Waals surface area contributed by atoms with Crippen LogP contribution in [0.4, 0.5) is 0 Å². The zero-order chi connectivity index (χ0) is 21.7. The third-order valence-corrected chi connectivity index (χ3v) is 5.16. The highest BCUT2D eigenvalue weighted by molar-refractivity contribution is 5.94. The van der Waals surface area contributed by atoms with E-state index in [0.717, 1.165) is 59.8 Å². The molecule has 1 heterocycles. The van der Waals surface area contributed by atoms with E-state index in [1.54, 1.807) is 11.8 Å². The van der Waals surface area contributed by atoms with Gasteiger partial charge in [-0.25, -0.2) is 4.68 Å². The van der Waals surface area contributed by atoms with Gasteiger partial charge in [-0.2, -0.15) is 5.10 Å². The van der Waals surface area contributed by atoms with Gasteiger partial charge in [0.2, 0.25) is 0 Å². The van der Waals surface area contributed by atoms with Gasteiger partial charge in [-0.05, 0) is 62.1 Å². The molecule has 5 heteroatoms. The summed E-state index contributed by atoms with van der Waals surface area (Å²) in [7, 11) is 1.65. The molecule has 0 unspecified atom stereocenters. The van der Waals surface area contributed by atoms with Crippen molar-refractivity contribution in [3.8, 4) is 22.7 Å². The number of carbonyl (C=O) groups excluding carboxylic acids is 1. The average Bonchev–Trinajstić information content (AvgIpc) is 3.20. The number of aryl methyl sites for hydroxylation is 2. The Labute approximate surface area is 179 Å². The zero-order valence-electron chi connectivity index (χ0n) is 18.6. The first-order chi connectivity index (χ1) is 14.5. The van der Waals surface area contributed by atoms with Crippen molar-refractivity contribution in [3.63, 3.8) is 0 Å². The normalized spacial score (nSPS) is 10.8. The molecule has 2 aromatic carbocycles. The largest absolute Gasteiger partial charge is 0.497 e. The molecular formula is C25H31N3O2. The number of aromatic nitrogens is 2. The smallest absolute Gasteiger partial charge is 0.272 e. The lowest BCUT2D eigenvalue weighted by Crippen LogP contribution is -2.34. The van der Waals surface area contributed by atoms with Gasteiger partial charge in [-0.3, -0.25) is 4.79 Å². The van der Waals surface area contributed by atoms with Crippen molar-refractivity contribution in [2.75, 3.05) is 20.2 Å². The highest BCUT2D eigenvalue weighted by atomic mass is 16.5. The summed E-state index contributed by atoms with van der Waals surface area (Å²) in [6, 6.07) is 15.9. The van der Waals surface area contributed by atoms with Gasteiger partial charge in [-0.1, -0.05) is 38.1 Å². The molecule has 0 bridgehead atoms. The lowest BCUT2D eigenvalue weighted by molar-refractivity contribution is 0.0746. The number of hydrogen-bond donors (Lipinski definition) is 0. The van der Waals surface area contributed by atoms with E-state index in [4.69, 9.17) is 9.84 Å². The summed E-state index contributed by atoms with van der Waals surface area (Å²) in [4.78, 5) is 15.4. The minimum absolute atomic E-state index is 0.0150. The Morgan fingerprint density at radius 3 is 2.43 bits per heavy atom. The molecule has 1 aromatic heterocycles. The van der Waals surface area contributed by atoms with Crippen molar-refractivity contribution in [2.45, 2.75) is 40.5 Å². The molecule has 0 N–H and O–H groups in total. The van der Waals surface area contributed by atoms with Crippen LogP contribution in [-0.2, 0) is 0 Å². The van der Waals surface area contributed by atoms with Crippen LogP contribution in [0.3, 0.4) is 0 Å². The molecule has 0 fully saturated rings. The molecule has 0 radical (unpaired) electrons. The van der Waals surface area contributed by atoms with Gasteiger partial charge in [-0.15, -0.1) is 0 Å². The highest BCUT2D eigenvalue weighted by Crippen LogP contribution is 2.27. The van der Waals surface area contributed by atoms with Crippen LogP contribution in [0.15, 0.2) is 48.5 Å². The fourth-order valence-electron chi connectivity index (χ4n) is 3.60. The topological polar surface area (TPSA) is 47.4 Å². The molecule has 0 aliphatic carbocycles. The summed E-state index contributed by atoms with van der Waals surface area (Å²) < 4.78 is 7.18. The van der Waals surface area contributed by atoms with Crippen LogP contribution in [-0.4, -0.2) is 40.8 Å². The molecule has 0 spiro atoms. The maximum atomic E-state index is 13.5. The predicted octanol–water partition coefficient (Wildman–Crippen LogP) is 5.43. The number of methoxy groups -OCH3 is 1. The Balaban J connectivity index is 2.16. The third kappa shape index (κ3) is 4.56. The maximum absolute atomic E-state index is 13.5. The van der Waals surface area contributed by atoms with Crippen LogP contribution in [0.5, 0.6) is 5.75 Å². The van der Waals surface area contributed by atoms with Crippen molar-refractivity contribution < 1.29 is 9.53 Å². The number of ether oxygens (including phenoxy) is 1. The van der Waals surface area contributed by atoms with Gasteiger partial charge in [0.15, 0.2) is 0 Å². The van der Waals surface area contributed by atoms with E-state index in [2.05, 4.69) is 39.0 Å². The standard InChI is InChI=1S/C25H31N3O2/c1-6-13-27(14-7-2)25(29)24-17-22(20-9-8-10-21(16-20)30-5)26-28(24)23-15-18(3)11-12-19(23)4/h8-12,15-17H,6-7,13-14H2,1-5H3. The summed E-state index contributed by atoms with van der Waals surface area (Å²) in [5.74, 6) is 0.779. The molecule has 3 rings (SSSR count). The van der Waals surface area contributed by atoms with Crippen molar-refractivity contribution in [1.82, 2.24) is 14.7 Å². The van der Waals surface area contributed by atoms with Crippen LogP contribution in [0, 0.1) is 13.8 Å². The quantitative estimate of drug-likeness (QED) is 0.502. The van der Waals surface area contributed by atoms with E-state index in [1.165, 1.54) is 0 Å². The van der Waals surface area contributed by atoms with Gasteiger partial charge in [0.25, 0.3) is 5.91 Å². The van der Waals surface area contributed by atoms with Gasteiger partial charge in [0.05, 0.1) is 18.5 Å². The van der Waals surface area contributed by atoms with E-state index in [-0.39, 0.29) is 5.91 Å². The fraction of sp³-hybridized carbons (Fsp3) is 0.360. The van der Waals surface area contributed by atoms with Crippen LogP contribution in [0.1, 0.15) is 48.3 Å². The zero-order valence-corrected chi connectivity index (χ0v) is 18.6. The molecule has 0 atom stereocenters. The first kappa shape index (κ1) is 21.6. The highest BCUT2D eigenvalue weighted by Gasteiger charge is 2.23. The molecule has 1 amide bonds.